The van der Waals surface area contributed by atoms with Crippen LogP contribution in [0.4, 0.5) is 0 Å². The number of hydrogen-bond donors (Lipinski definition) is 0. The summed E-state index contributed by atoms with van der Waals surface area (Å²) in [4.78, 5) is 2.20. The van der Waals surface area contributed by atoms with Crippen LogP contribution in [-0.4, -0.2) is 72.5 Å². The number of piperidine rings is 1. The maximum absolute atomic E-state index is 14.3. The van der Waals surface area contributed by atoms with Crippen molar-refractivity contribution in [3.63, 3.8) is 0 Å². The maximum Gasteiger partial charge on any atom is 0.338 e. The molecule has 3 heterocycles. The van der Waals surface area contributed by atoms with Crippen molar-refractivity contribution < 1.29 is 35.2 Å². The second-order valence-corrected chi connectivity index (χ2v) is 15.7. The molecule has 0 N–H and O–H groups in total. The topological polar surface area (TPSA) is 108 Å². The van der Waals surface area contributed by atoms with Gasteiger partial charge in [0.25, 0.3) is 0 Å². The van der Waals surface area contributed by atoms with Crippen molar-refractivity contribution in [1.29, 1.82) is 0 Å². The standard InChI is InChI=1S/C30H31NO8S2/c1-17-5-8-19(9-6-17)41(34,35)39-21-16-40(32,33)26-24(21)30(37-4)12-11-28(26)22-15-18-7-10-20(36-3)25-23(18)29(28,27(30)38-25)13-14-31(22)2/h5-12,16,22,24,26-27H,13-15H2,1-4H3/t22-,24+,26+,27-,28+,29+,30-/m1/s1. The summed E-state index contributed by atoms with van der Waals surface area (Å²) in [6.07, 6.45) is 4.64. The smallest absolute Gasteiger partial charge is 0.338 e. The monoisotopic (exact) mass is 597 g/mol. The lowest BCUT2D eigenvalue weighted by Crippen LogP contribution is -2.83. The summed E-state index contributed by atoms with van der Waals surface area (Å²) in [5.41, 5.74) is 0.103. The third kappa shape index (κ3) is 2.75. The number of rotatable bonds is 5. The van der Waals surface area contributed by atoms with Crippen LogP contribution in [0, 0.1) is 18.3 Å². The molecular weight excluding hydrogens is 566 g/mol. The largest absolute Gasteiger partial charge is 0.493 e. The maximum atomic E-state index is 14.3. The molecule has 1 saturated heterocycles. The minimum Gasteiger partial charge on any atom is -0.493 e. The number of sulfone groups is 1. The predicted octanol–water partition coefficient (Wildman–Crippen LogP) is 2.88. The molecule has 2 aromatic rings. The molecule has 3 aliphatic heterocycles. The molecule has 41 heavy (non-hydrogen) atoms. The molecule has 9 rings (SSSR count). The average molecular weight is 598 g/mol. The van der Waals surface area contributed by atoms with Gasteiger partial charge in [-0.1, -0.05) is 35.9 Å². The predicted molar refractivity (Wildman–Crippen MR) is 149 cm³/mol. The second-order valence-electron chi connectivity index (χ2n) is 12.2. The molecule has 2 spiro atoms. The molecule has 7 atom stereocenters. The van der Waals surface area contributed by atoms with Gasteiger partial charge in [0, 0.05) is 24.1 Å². The zero-order valence-electron chi connectivity index (χ0n) is 23.2. The molecule has 0 unspecified atom stereocenters. The molecule has 9 nitrogen and oxygen atoms in total. The Hall–Kier alpha value is -2.86. The third-order valence-corrected chi connectivity index (χ3v) is 14.0. The summed E-state index contributed by atoms with van der Waals surface area (Å²) in [6.45, 7) is 2.61. The third-order valence-electron chi connectivity index (χ3n) is 10.8. The van der Waals surface area contributed by atoms with Gasteiger partial charge < -0.3 is 23.3 Å². The van der Waals surface area contributed by atoms with E-state index in [-0.39, 0.29) is 16.7 Å². The number of aryl methyl sites for hydroxylation is 1. The number of methoxy groups -OCH3 is 2. The van der Waals surface area contributed by atoms with Gasteiger partial charge in [-0.3, -0.25) is 0 Å². The summed E-state index contributed by atoms with van der Waals surface area (Å²) in [6, 6.07) is 10.1. The summed E-state index contributed by atoms with van der Waals surface area (Å²) >= 11 is 0. The first-order chi connectivity index (χ1) is 19.5. The van der Waals surface area contributed by atoms with Crippen molar-refractivity contribution in [2.45, 2.75) is 53.1 Å². The zero-order chi connectivity index (χ0) is 28.7. The van der Waals surface area contributed by atoms with Crippen LogP contribution in [0.1, 0.15) is 23.1 Å². The molecule has 4 bridgehead atoms. The minimum atomic E-state index is -4.33. The number of hydrogen-bond acceptors (Lipinski definition) is 9. The van der Waals surface area contributed by atoms with Crippen LogP contribution in [0.5, 0.6) is 11.5 Å². The Balaban J connectivity index is 1.37. The molecule has 11 heteroatoms. The van der Waals surface area contributed by atoms with Gasteiger partial charge in [-0.15, -0.1) is 0 Å². The van der Waals surface area contributed by atoms with Gasteiger partial charge in [0.1, 0.15) is 22.4 Å². The highest BCUT2D eigenvalue weighted by atomic mass is 32.2. The number of nitrogens with zero attached hydrogens (tertiary/aromatic N) is 1. The first-order valence-corrected chi connectivity index (χ1v) is 16.8. The van der Waals surface area contributed by atoms with Gasteiger partial charge in [0.2, 0.25) is 0 Å². The van der Waals surface area contributed by atoms with Gasteiger partial charge in [-0.05, 0) is 57.1 Å². The molecule has 0 radical (unpaired) electrons. The fraction of sp³-hybridized carbons (Fsp3) is 0.467. The highest BCUT2D eigenvalue weighted by molar-refractivity contribution is 7.95. The van der Waals surface area contributed by atoms with Crippen LogP contribution >= 0.6 is 0 Å². The normalized spacial score (nSPS) is 38.6. The molecule has 2 fully saturated rings. The Morgan fingerprint density at radius 3 is 2.54 bits per heavy atom. The summed E-state index contributed by atoms with van der Waals surface area (Å²) in [5.74, 6) is 0.155. The molecular formula is C30H31NO8S2. The zero-order valence-corrected chi connectivity index (χ0v) is 24.8. The SMILES string of the molecule is COc1ccc2c3c1O[C@H]1[C@@]4(OC)C=C[C@]5([C@@H](C2)N(C)CC[C@]315)[C@@H]1[C@@H]4C(OS(=O)(=O)c2ccc(C)cc2)=CS1(=O)=O. The first kappa shape index (κ1) is 25.8. The van der Waals surface area contributed by atoms with Crippen molar-refractivity contribution in [1.82, 2.24) is 4.90 Å². The lowest BCUT2D eigenvalue weighted by atomic mass is 9.37. The number of likely N-dealkylation sites (N-methyl/N-ethyl adjacent to an activating group) is 1. The molecule has 0 amide bonds. The summed E-state index contributed by atoms with van der Waals surface area (Å²) < 4.78 is 80.4. The Morgan fingerprint density at radius 1 is 1.07 bits per heavy atom. The number of ether oxygens (including phenoxy) is 3. The number of benzene rings is 2. The van der Waals surface area contributed by atoms with Gasteiger partial charge in [0.05, 0.1) is 29.1 Å². The molecule has 2 aromatic carbocycles. The lowest BCUT2D eigenvalue weighted by molar-refractivity contribution is -0.206. The van der Waals surface area contributed by atoms with Crippen LogP contribution in [0.25, 0.3) is 0 Å². The van der Waals surface area contributed by atoms with Crippen molar-refractivity contribution in [3.8, 4) is 11.5 Å². The highest BCUT2D eigenvalue weighted by Gasteiger charge is 2.85. The van der Waals surface area contributed by atoms with Crippen LogP contribution in [0.2, 0.25) is 0 Å². The lowest BCUT2D eigenvalue weighted by Gasteiger charge is -2.72. The number of likely N-dealkylation sites (tertiary alicyclic amines) is 1. The van der Waals surface area contributed by atoms with E-state index in [1.54, 1.807) is 19.2 Å². The van der Waals surface area contributed by atoms with Gasteiger partial charge in [-0.2, -0.15) is 8.42 Å². The van der Waals surface area contributed by atoms with E-state index >= 15 is 0 Å². The minimum absolute atomic E-state index is 0.0457. The Bertz CT molecular complexity index is 1800. The highest BCUT2D eigenvalue weighted by Crippen LogP contribution is 2.77. The molecule has 1 saturated carbocycles. The Kier molecular flexibility index (Phi) is 4.88. The molecule has 4 aliphatic carbocycles. The Morgan fingerprint density at radius 2 is 1.83 bits per heavy atom. The van der Waals surface area contributed by atoms with Crippen molar-refractivity contribution >= 4 is 20.0 Å². The summed E-state index contributed by atoms with van der Waals surface area (Å²) in [7, 11) is -3.16. The van der Waals surface area contributed by atoms with Gasteiger partial charge in [-0.25, -0.2) is 8.42 Å². The van der Waals surface area contributed by atoms with Crippen molar-refractivity contribution in [2.24, 2.45) is 11.3 Å². The second kappa shape index (κ2) is 7.75. The van der Waals surface area contributed by atoms with E-state index < -0.39 is 53.7 Å². The fourth-order valence-corrected chi connectivity index (χ4v) is 12.7. The summed E-state index contributed by atoms with van der Waals surface area (Å²) in [5, 5.41) is 0.0347. The van der Waals surface area contributed by atoms with Crippen molar-refractivity contribution in [2.75, 3.05) is 27.8 Å². The first-order valence-electron chi connectivity index (χ1n) is 13.8. The van der Waals surface area contributed by atoms with E-state index in [2.05, 4.69) is 17.0 Å². The Labute approximate surface area is 239 Å². The molecule has 7 aliphatic rings. The van der Waals surface area contributed by atoms with E-state index in [1.807, 2.05) is 26.1 Å². The molecule has 0 aromatic heterocycles. The van der Waals surface area contributed by atoms with Crippen LogP contribution in [0.15, 0.2) is 64.6 Å². The van der Waals surface area contributed by atoms with E-state index in [0.717, 1.165) is 28.6 Å². The van der Waals surface area contributed by atoms with E-state index in [1.165, 1.54) is 19.2 Å². The average Bonchev–Trinajstić information content (AvgIpc) is 3.44. The van der Waals surface area contributed by atoms with Crippen molar-refractivity contribution in [3.05, 3.63) is 76.4 Å². The van der Waals surface area contributed by atoms with Crippen LogP contribution < -0.4 is 9.47 Å². The van der Waals surface area contributed by atoms with Gasteiger partial charge in [0.15, 0.2) is 21.3 Å². The molecule has 216 valence electrons. The van der Waals surface area contributed by atoms with Gasteiger partial charge >= 0.3 is 10.1 Å². The van der Waals surface area contributed by atoms with E-state index in [9.17, 15) is 16.8 Å². The van der Waals surface area contributed by atoms with Crippen LogP contribution in [0.3, 0.4) is 0 Å². The fourth-order valence-electron chi connectivity index (χ4n) is 9.32. The van der Waals surface area contributed by atoms with E-state index in [0.29, 0.717) is 24.3 Å². The van der Waals surface area contributed by atoms with Crippen LogP contribution in [-0.2, 0) is 40.7 Å². The quantitative estimate of drug-likeness (QED) is 0.380. The van der Waals surface area contributed by atoms with E-state index in [4.69, 9.17) is 18.4 Å².